The van der Waals surface area contributed by atoms with E-state index >= 15 is 0 Å². The molecule has 4 nitrogen and oxygen atoms in total. The molecule has 0 aromatic carbocycles. The zero-order valence-electron chi connectivity index (χ0n) is 11.9. The maximum absolute atomic E-state index is 11.8. The minimum atomic E-state index is -0.0429. The minimum Gasteiger partial charge on any atom is -0.466 e. The molecule has 5 heteroatoms. The summed E-state index contributed by atoms with van der Waals surface area (Å²) in [6.07, 6.45) is 2.01. The van der Waals surface area contributed by atoms with Gasteiger partial charge in [0.15, 0.2) is 0 Å². The Morgan fingerprint density at radius 1 is 1.53 bits per heavy atom. The molecule has 0 N–H and O–H groups in total. The fourth-order valence-corrected chi connectivity index (χ4v) is 3.43. The van der Waals surface area contributed by atoms with Crippen molar-refractivity contribution in [3.63, 3.8) is 0 Å². The summed E-state index contributed by atoms with van der Waals surface area (Å²) >= 11 is 1.76. The number of esters is 1. The minimum absolute atomic E-state index is 0.0378. The Morgan fingerprint density at radius 3 is 2.95 bits per heavy atom. The molecule has 0 unspecified atom stereocenters. The number of aromatic nitrogens is 1. The first-order chi connectivity index (χ1) is 9.10. The van der Waals surface area contributed by atoms with Crippen molar-refractivity contribution in [3.8, 4) is 0 Å². The predicted octanol–water partition coefficient (Wildman–Crippen LogP) is 2.54. The Balaban J connectivity index is 1.92. The van der Waals surface area contributed by atoms with Crippen molar-refractivity contribution in [2.75, 3.05) is 19.7 Å². The fraction of sp³-hybridized carbons (Fsp3) is 0.714. The number of thiazole rings is 1. The van der Waals surface area contributed by atoms with E-state index in [0.717, 1.165) is 43.2 Å². The molecule has 0 radical (unpaired) electrons. The molecule has 1 aliphatic heterocycles. The quantitative estimate of drug-likeness (QED) is 0.796. The second kappa shape index (κ2) is 6.48. The summed E-state index contributed by atoms with van der Waals surface area (Å²) in [4.78, 5) is 20.0. The highest BCUT2D eigenvalue weighted by Crippen LogP contribution is 2.22. The van der Waals surface area contributed by atoms with Gasteiger partial charge in [-0.2, -0.15) is 0 Å². The van der Waals surface area contributed by atoms with E-state index in [9.17, 15) is 4.79 Å². The molecule has 1 aliphatic rings. The van der Waals surface area contributed by atoms with Crippen LogP contribution in [0.2, 0.25) is 0 Å². The highest BCUT2D eigenvalue weighted by Gasteiger charge is 2.27. The molecule has 1 aromatic rings. The Labute approximate surface area is 118 Å². The number of likely N-dealkylation sites (tertiary alicyclic amines) is 1. The van der Waals surface area contributed by atoms with Gasteiger partial charge in [0.2, 0.25) is 0 Å². The third-order valence-corrected chi connectivity index (χ3v) is 4.61. The van der Waals surface area contributed by atoms with Crippen molar-refractivity contribution in [2.24, 2.45) is 5.92 Å². The molecule has 1 atom stereocenters. The molecule has 0 aliphatic carbocycles. The topological polar surface area (TPSA) is 42.4 Å². The van der Waals surface area contributed by atoms with Crippen LogP contribution in [-0.4, -0.2) is 35.5 Å². The SMILES string of the molecule is CCOC(=O)[C@H]1CCCN(Cc2nc(C)c(C)s2)C1. The molecule has 1 saturated heterocycles. The lowest BCUT2D eigenvalue weighted by atomic mass is 9.98. The van der Waals surface area contributed by atoms with E-state index in [1.165, 1.54) is 4.88 Å². The van der Waals surface area contributed by atoms with Crippen molar-refractivity contribution in [2.45, 2.75) is 40.2 Å². The first-order valence-electron chi connectivity index (χ1n) is 6.92. The highest BCUT2D eigenvalue weighted by atomic mass is 32.1. The molecular formula is C14H22N2O2S. The van der Waals surface area contributed by atoms with Crippen molar-refractivity contribution >= 4 is 17.3 Å². The predicted molar refractivity (Wildman–Crippen MR) is 76.2 cm³/mol. The third-order valence-electron chi connectivity index (χ3n) is 3.56. The van der Waals surface area contributed by atoms with Gasteiger partial charge in [-0.05, 0) is 40.2 Å². The Kier molecular flexibility index (Phi) is 4.93. The number of ether oxygens (including phenoxy) is 1. The van der Waals surface area contributed by atoms with Gasteiger partial charge in [0.1, 0.15) is 5.01 Å². The molecule has 19 heavy (non-hydrogen) atoms. The van der Waals surface area contributed by atoms with Gasteiger partial charge in [-0.25, -0.2) is 4.98 Å². The molecule has 0 bridgehead atoms. The van der Waals surface area contributed by atoms with Gasteiger partial charge in [0.05, 0.1) is 24.8 Å². The van der Waals surface area contributed by atoms with Crippen LogP contribution in [0.5, 0.6) is 0 Å². The van der Waals surface area contributed by atoms with Crippen molar-refractivity contribution in [1.82, 2.24) is 9.88 Å². The zero-order valence-corrected chi connectivity index (χ0v) is 12.8. The lowest BCUT2D eigenvalue weighted by molar-refractivity contribution is -0.150. The largest absolute Gasteiger partial charge is 0.466 e. The van der Waals surface area contributed by atoms with E-state index in [4.69, 9.17) is 4.74 Å². The Morgan fingerprint density at radius 2 is 2.32 bits per heavy atom. The molecule has 0 spiro atoms. The van der Waals surface area contributed by atoms with Gasteiger partial charge in [-0.3, -0.25) is 9.69 Å². The zero-order chi connectivity index (χ0) is 13.8. The van der Waals surface area contributed by atoms with Crippen LogP contribution < -0.4 is 0 Å². The van der Waals surface area contributed by atoms with Crippen LogP contribution in [0.25, 0.3) is 0 Å². The van der Waals surface area contributed by atoms with Crippen LogP contribution in [0.1, 0.15) is 35.3 Å². The van der Waals surface area contributed by atoms with Gasteiger partial charge in [0.25, 0.3) is 0 Å². The van der Waals surface area contributed by atoms with Gasteiger partial charge < -0.3 is 4.74 Å². The summed E-state index contributed by atoms with van der Waals surface area (Å²) in [6.45, 7) is 9.19. The van der Waals surface area contributed by atoms with Gasteiger partial charge in [-0.15, -0.1) is 11.3 Å². The molecule has 106 valence electrons. The summed E-state index contributed by atoms with van der Waals surface area (Å²) in [5.74, 6) is -0.00504. The normalized spacial score (nSPS) is 20.5. The number of hydrogen-bond donors (Lipinski definition) is 0. The first kappa shape index (κ1) is 14.5. The van der Waals surface area contributed by atoms with Crippen LogP contribution in [0.15, 0.2) is 0 Å². The third kappa shape index (κ3) is 3.76. The molecule has 1 fully saturated rings. The highest BCUT2D eigenvalue weighted by molar-refractivity contribution is 7.11. The second-order valence-electron chi connectivity index (χ2n) is 5.08. The second-order valence-corrected chi connectivity index (χ2v) is 6.36. The summed E-state index contributed by atoms with van der Waals surface area (Å²) in [7, 11) is 0. The van der Waals surface area contributed by atoms with Gasteiger partial charge >= 0.3 is 5.97 Å². The summed E-state index contributed by atoms with van der Waals surface area (Å²) in [5.41, 5.74) is 1.12. The number of aryl methyl sites for hydroxylation is 2. The van der Waals surface area contributed by atoms with Crippen LogP contribution in [-0.2, 0) is 16.1 Å². The molecular weight excluding hydrogens is 260 g/mol. The van der Waals surface area contributed by atoms with E-state index in [1.54, 1.807) is 11.3 Å². The summed E-state index contributed by atoms with van der Waals surface area (Å²) < 4.78 is 5.12. The number of piperidine rings is 1. The summed E-state index contributed by atoms with van der Waals surface area (Å²) in [5, 5.41) is 1.15. The van der Waals surface area contributed by atoms with Crippen LogP contribution in [0.4, 0.5) is 0 Å². The number of carbonyl (C=O) groups is 1. The standard InChI is InChI=1S/C14H22N2O2S/c1-4-18-14(17)12-6-5-7-16(8-12)9-13-15-10(2)11(3)19-13/h12H,4-9H2,1-3H3/t12-/m0/s1. The Bertz CT molecular complexity index is 425. The van der Waals surface area contributed by atoms with Crippen molar-refractivity contribution in [1.29, 1.82) is 0 Å². The van der Waals surface area contributed by atoms with Gasteiger partial charge in [0, 0.05) is 11.4 Å². The number of rotatable bonds is 4. The fourth-order valence-electron chi connectivity index (χ4n) is 2.45. The molecule has 0 amide bonds. The van der Waals surface area contributed by atoms with Crippen LogP contribution in [0.3, 0.4) is 0 Å². The number of nitrogens with zero attached hydrogens (tertiary/aromatic N) is 2. The molecule has 0 saturated carbocycles. The first-order valence-corrected chi connectivity index (χ1v) is 7.73. The average molecular weight is 282 g/mol. The van der Waals surface area contributed by atoms with Crippen molar-refractivity contribution in [3.05, 3.63) is 15.6 Å². The summed E-state index contributed by atoms with van der Waals surface area (Å²) in [6, 6.07) is 0. The molecule has 2 heterocycles. The molecule has 2 rings (SSSR count). The lowest BCUT2D eigenvalue weighted by Gasteiger charge is -2.30. The van der Waals surface area contributed by atoms with Crippen LogP contribution >= 0.6 is 11.3 Å². The maximum atomic E-state index is 11.8. The van der Waals surface area contributed by atoms with Gasteiger partial charge in [-0.1, -0.05) is 0 Å². The van der Waals surface area contributed by atoms with E-state index in [0.29, 0.717) is 6.61 Å². The maximum Gasteiger partial charge on any atom is 0.310 e. The van der Waals surface area contributed by atoms with E-state index in [2.05, 4.69) is 16.8 Å². The van der Waals surface area contributed by atoms with Crippen LogP contribution in [0, 0.1) is 19.8 Å². The Hall–Kier alpha value is -0.940. The molecule has 1 aromatic heterocycles. The van der Waals surface area contributed by atoms with E-state index in [-0.39, 0.29) is 11.9 Å². The smallest absolute Gasteiger partial charge is 0.310 e. The number of hydrogen-bond acceptors (Lipinski definition) is 5. The monoisotopic (exact) mass is 282 g/mol. The van der Waals surface area contributed by atoms with E-state index < -0.39 is 0 Å². The van der Waals surface area contributed by atoms with Crippen molar-refractivity contribution < 1.29 is 9.53 Å². The van der Waals surface area contributed by atoms with E-state index in [1.807, 2.05) is 13.8 Å². The number of carbonyl (C=O) groups excluding carboxylic acids is 1. The average Bonchev–Trinajstić information content (AvgIpc) is 2.69. The lowest BCUT2D eigenvalue weighted by Crippen LogP contribution is -2.38.